The molecule has 0 bridgehead atoms. The number of amides is 1. The lowest BCUT2D eigenvalue weighted by Crippen LogP contribution is -2.41. The fourth-order valence-electron chi connectivity index (χ4n) is 3.40. The molecule has 3 rings (SSSR count). The van der Waals surface area contributed by atoms with Gasteiger partial charge in [0.1, 0.15) is 11.4 Å². The number of hydrogen-bond acceptors (Lipinski definition) is 3. The molecule has 3 N–H and O–H groups in total. The van der Waals surface area contributed by atoms with Gasteiger partial charge in [0, 0.05) is 23.2 Å². The number of carbonyl (C=O) groups is 1. The minimum Gasteiger partial charge on any atom is -0.487 e. The first-order chi connectivity index (χ1) is 11.3. The van der Waals surface area contributed by atoms with Crippen LogP contribution in [0.2, 0.25) is 0 Å². The summed E-state index contributed by atoms with van der Waals surface area (Å²) in [7, 11) is 0. The molecule has 0 saturated heterocycles. The summed E-state index contributed by atoms with van der Waals surface area (Å²) in [6, 6.07) is 11.4. The van der Waals surface area contributed by atoms with Gasteiger partial charge in [-0.3, -0.25) is 4.79 Å². The second-order valence-electron chi connectivity index (χ2n) is 7.16. The normalized spacial score (nSPS) is 17.7. The third-order valence-electron chi connectivity index (χ3n) is 4.50. The molecule has 2 aromatic carbocycles. The Morgan fingerprint density at radius 1 is 1.20 bits per heavy atom. The van der Waals surface area contributed by atoms with Gasteiger partial charge in [-0.25, -0.2) is 0 Å². The Labute approximate surface area is 155 Å². The average molecular weight is 361 g/mol. The van der Waals surface area contributed by atoms with E-state index in [1.54, 1.807) is 0 Å². The molecule has 1 atom stereocenters. The van der Waals surface area contributed by atoms with Crippen LogP contribution in [0.25, 0.3) is 0 Å². The van der Waals surface area contributed by atoms with Gasteiger partial charge in [0.2, 0.25) is 0 Å². The molecule has 0 spiro atoms. The highest BCUT2D eigenvalue weighted by molar-refractivity contribution is 5.97. The van der Waals surface area contributed by atoms with Gasteiger partial charge in [-0.15, -0.1) is 12.4 Å². The lowest BCUT2D eigenvalue weighted by molar-refractivity contribution is 0.0620. The van der Waals surface area contributed by atoms with Crippen molar-refractivity contribution in [2.24, 2.45) is 0 Å². The molecule has 25 heavy (non-hydrogen) atoms. The number of benzene rings is 2. The second-order valence-corrected chi connectivity index (χ2v) is 7.16. The highest BCUT2D eigenvalue weighted by Gasteiger charge is 2.35. The van der Waals surface area contributed by atoms with Gasteiger partial charge in [-0.1, -0.05) is 18.2 Å². The summed E-state index contributed by atoms with van der Waals surface area (Å²) in [6.07, 6.45) is 0.695. The Morgan fingerprint density at radius 2 is 1.84 bits per heavy atom. The first-order valence-corrected chi connectivity index (χ1v) is 8.22. The van der Waals surface area contributed by atoms with Crippen LogP contribution in [-0.2, 0) is 0 Å². The zero-order valence-corrected chi connectivity index (χ0v) is 15.9. The molecule has 134 valence electrons. The maximum Gasteiger partial charge on any atom is 0.252 e. The fourth-order valence-corrected chi connectivity index (χ4v) is 3.40. The van der Waals surface area contributed by atoms with Crippen LogP contribution in [0.4, 0.5) is 5.69 Å². The highest BCUT2D eigenvalue weighted by Crippen LogP contribution is 2.40. The molecule has 1 amide bonds. The molecule has 0 aromatic heterocycles. The van der Waals surface area contributed by atoms with Crippen LogP contribution in [0.15, 0.2) is 36.4 Å². The standard InChI is InChI=1S/C20H24N2O2.ClH/c1-12-6-5-7-13(2)18(12)19(23)22-16-11-20(3,4)24-17-9-8-14(21)10-15(16)17;/h5-10,16H,11,21H2,1-4H3,(H,22,23);1H. The Morgan fingerprint density at radius 3 is 2.48 bits per heavy atom. The van der Waals surface area contributed by atoms with Crippen molar-refractivity contribution in [3.63, 3.8) is 0 Å². The molecule has 1 heterocycles. The van der Waals surface area contributed by atoms with E-state index in [1.165, 1.54) is 0 Å². The molecule has 1 aliphatic rings. The first kappa shape index (κ1) is 19.1. The minimum absolute atomic E-state index is 0. The van der Waals surface area contributed by atoms with Crippen LogP contribution in [0, 0.1) is 13.8 Å². The number of nitrogens with one attached hydrogen (secondary N) is 1. The van der Waals surface area contributed by atoms with E-state index in [9.17, 15) is 4.79 Å². The zero-order chi connectivity index (χ0) is 17.5. The summed E-state index contributed by atoms with van der Waals surface area (Å²) in [6.45, 7) is 7.98. The van der Waals surface area contributed by atoms with Crippen LogP contribution in [0.5, 0.6) is 5.75 Å². The Bertz CT molecular complexity index is 782. The van der Waals surface area contributed by atoms with Crippen LogP contribution in [0.1, 0.15) is 53.4 Å². The van der Waals surface area contributed by atoms with Crippen LogP contribution in [-0.4, -0.2) is 11.5 Å². The quantitative estimate of drug-likeness (QED) is 0.783. The van der Waals surface area contributed by atoms with Gasteiger partial charge in [0.15, 0.2) is 0 Å². The van der Waals surface area contributed by atoms with Gasteiger partial charge in [0.05, 0.1) is 6.04 Å². The summed E-state index contributed by atoms with van der Waals surface area (Å²) >= 11 is 0. The van der Waals surface area contributed by atoms with Crippen molar-refractivity contribution in [2.75, 3.05) is 5.73 Å². The first-order valence-electron chi connectivity index (χ1n) is 8.22. The topological polar surface area (TPSA) is 64.3 Å². The number of anilines is 1. The number of aryl methyl sites for hydroxylation is 2. The third kappa shape index (κ3) is 3.90. The largest absolute Gasteiger partial charge is 0.487 e. The van der Waals surface area contributed by atoms with E-state index in [4.69, 9.17) is 10.5 Å². The molecule has 1 aliphatic heterocycles. The van der Waals surface area contributed by atoms with Crippen molar-refractivity contribution < 1.29 is 9.53 Å². The monoisotopic (exact) mass is 360 g/mol. The number of fused-ring (bicyclic) bond motifs is 1. The van der Waals surface area contributed by atoms with E-state index in [1.807, 2.05) is 64.1 Å². The van der Waals surface area contributed by atoms with Gasteiger partial charge < -0.3 is 15.8 Å². The number of halogens is 1. The SMILES string of the molecule is Cc1cccc(C)c1C(=O)NC1CC(C)(C)Oc2ccc(N)cc21.Cl. The maximum absolute atomic E-state index is 12.9. The van der Waals surface area contributed by atoms with Crippen molar-refractivity contribution in [1.29, 1.82) is 0 Å². The predicted octanol–water partition coefficient (Wildman–Crippen LogP) is 4.34. The van der Waals surface area contributed by atoms with E-state index in [0.29, 0.717) is 12.1 Å². The molecule has 2 aromatic rings. The fraction of sp³-hybridized carbons (Fsp3) is 0.350. The van der Waals surface area contributed by atoms with Crippen LogP contribution in [0.3, 0.4) is 0 Å². The average Bonchev–Trinajstić information content (AvgIpc) is 2.47. The molecule has 0 radical (unpaired) electrons. The molecule has 4 nitrogen and oxygen atoms in total. The number of hydrogen-bond donors (Lipinski definition) is 2. The Kier molecular flexibility index (Phi) is 5.33. The highest BCUT2D eigenvalue weighted by atomic mass is 35.5. The third-order valence-corrected chi connectivity index (χ3v) is 4.50. The van der Waals surface area contributed by atoms with E-state index in [0.717, 1.165) is 28.0 Å². The summed E-state index contributed by atoms with van der Waals surface area (Å²) < 4.78 is 6.03. The van der Waals surface area contributed by atoms with Crippen LogP contribution < -0.4 is 15.8 Å². The van der Waals surface area contributed by atoms with Gasteiger partial charge >= 0.3 is 0 Å². The van der Waals surface area contributed by atoms with Crippen molar-refractivity contribution in [3.8, 4) is 5.75 Å². The number of nitrogens with two attached hydrogens (primary N) is 1. The van der Waals surface area contributed by atoms with Gasteiger partial charge in [0.25, 0.3) is 5.91 Å². The Balaban J connectivity index is 0.00000225. The number of nitrogen functional groups attached to an aromatic ring is 1. The Hall–Kier alpha value is -2.20. The summed E-state index contributed by atoms with van der Waals surface area (Å²) in [4.78, 5) is 12.9. The van der Waals surface area contributed by atoms with Crippen LogP contribution >= 0.6 is 12.4 Å². The molecular formula is C20H25ClN2O2. The predicted molar refractivity (Wildman–Crippen MR) is 104 cm³/mol. The van der Waals surface area contributed by atoms with Crippen molar-refractivity contribution >= 4 is 24.0 Å². The maximum atomic E-state index is 12.9. The second kappa shape index (κ2) is 6.96. The number of ether oxygens (including phenoxy) is 1. The summed E-state index contributed by atoms with van der Waals surface area (Å²) in [5.41, 5.74) is 9.90. The number of carbonyl (C=O) groups excluding carboxylic acids is 1. The van der Waals surface area contributed by atoms with E-state index in [-0.39, 0.29) is 30.0 Å². The molecule has 5 heteroatoms. The smallest absolute Gasteiger partial charge is 0.252 e. The minimum atomic E-state index is -0.345. The molecule has 0 aliphatic carbocycles. The van der Waals surface area contributed by atoms with Gasteiger partial charge in [-0.2, -0.15) is 0 Å². The van der Waals surface area contributed by atoms with Crippen molar-refractivity contribution in [3.05, 3.63) is 58.7 Å². The lowest BCUT2D eigenvalue weighted by Gasteiger charge is -2.38. The lowest BCUT2D eigenvalue weighted by atomic mass is 9.89. The van der Waals surface area contributed by atoms with Crippen molar-refractivity contribution in [1.82, 2.24) is 5.32 Å². The summed E-state index contributed by atoms with van der Waals surface area (Å²) in [5, 5.41) is 3.18. The molecule has 0 fully saturated rings. The van der Waals surface area contributed by atoms with E-state index in [2.05, 4.69) is 5.32 Å². The molecule has 1 unspecified atom stereocenters. The van der Waals surface area contributed by atoms with Crippen molar-refractivity contribution in [2.45, 2.75) is 45.8 Å². The van der Waals surface area contributed by atoms with E-state index < -0.39 is 0 Å². The zero-order valence-electron chi connectivity index (χ0n) is 15.1. The van der Waals surface area contributed by atoms with E-state index >= 15 is 0 Å². The molecular weight excluding hydrogens is 336 g/mol. The van der Waals surface area contributed by atoms with Gasteiger partial charge in [-0.05, 0) is 57.0 Å². The number of rotatable bonds is 2. The molecule has 0 saturated carbocycles. The summed E-state index contributed by atoms with van der Waals surface area (Å²) in [5.74, 6) is 0.730.